The molecule has 0 atom stereocenters. The largest absolute Gasteiger partial charge is 0.466 e. The highest BCUT2D eigenvalue weighted by atomic mass is 32.2. The Hall–Kier alpha value is -1.82. The van der Waals surface area contributed by atoms with Crippen LogP contribution in [0.3, 0.4) is 0 Å². The second kappa shape index (κ2) is 5.92. The second-order valence-electron chi connectivity index (χ2n) is 2.67. The Morgan fingerprint density at radius 3 is 2.81 bits per heavy atom. The van der Waals surface area contributed by atoms with E-state index >= 15 is 0 Å². The summed E-state index contributed by atoms with van der Waals surface area (Å²) in [5.41, 5.74) is 0.0158. The highest BCUT2D eigenvalue weighted by molar-refractivity contribution is 8.02. The predicted octanol–water partition coefficient (Wildman–Crippen LogP) is 2.37. The van der Waals surface area contributed by atoms with Crippen LogP contribution in [0, 0.1) is 10.1 Å². The Morgan fingerprint density at radius 2 is 2.19 bits per heavy atom. The van der Waals surface area contributed by atoms with E-state index in [1.807, 2.05) is 0 Å². The number of esters is 1. The molecule has 16 heavy (non-hydrogen) atoms. The second-order valence-corrected chi connectivity index (χ2v) is 3.62. The topological polar surface area (TPSA) is 69.4 Å². The molecule has 0 aliphatic rings. The van der Waals surface area contributed by atoms with E-state index in [1.54, 1.807) is 18.2 Å². The number of para-hydroxylation sites is 1. The molecule has 0 spiro atoms. The number of nitro groups is 1. The Kier molecular flexibility index (Phi) is 4.53. The van der Waals surface area contributed by atoms with Gasteiger partial charge in [0.1, 0.15) is 0 Å². The van der Waals surface area contributed by atoms with E-state index in [0.717, 1.165) is 11.8 Å². The number of rotatable bonds is 4. The summed E-state index contributed by atoms with van der Waals surface area (Å²) in [6.45, 7) is 0. The summed E-state index contributed by atoms with van der Waals surface area (Å²) in [6.07, 6.45) is 1.21. The summed E-state index contributed by atoms with van der Waals surface area (Å²) in [7, 11) is 1.27. The molecule has 0 N–H and O–H groups in total. The van der Waals surface area contributed by atoms with Gasteiger partial charge in [0.05, 0.1) is 16.9 Å². The van der Waals surface area contributed by atoms with Gasteiger partial charge < -0.3 is 4.74 Å². The third kappa shape index (κ3) is 3.39. The van der Waals surface area contributed by atoms with Crippen molar-refractivity contribution in [2.45, 2.75) is 4.90 Å². The van der Waals surface area contributed by atoms with Gasteiger partial charge in [-0.2, -0.15) is 0 Å². The molecule has 0 radical (unpaired) electrons. The smallest absolute Gasteiger partial charge is 0.330 e. The van der Waals surface area contributed by atoms with Crippen molar-refractivity contribution in [2.24, 2.45) is 0 Å². The average Bonchev–Trinajstić information content (AvgIpc) is 2.29. The quantitative estimate of drug-likeness (QED) is 0.265. The summed E-state index contributed by atoms with van der Waals surface area (Å²) < 4.78 is 4.39. The van der Waals surface area contributed by atoms with E-state index in [1.165, 1.54) is 24.7 Å². The van der Waals surface area contributed by atoms with Crippen LogP contribution in [0.2, 0.25) is 0 Å². The minimum atomic E-state index is -0.494. The zero-order valence-electron chi connectivity index (χ0n) is 8.45. The van der Waals surface area contributed by atoms with E-state index in [4.69, 9.17) is 0 Å². The Labute approximate surface area is 96.3 Å². The van der Waals surface area contributed by atoms with Gasteiger partial charge in [0.25, 0.3) is 5.69 Å². The lowest BCUT2D eigenvalue weighted by Crippen LogP contribution is -1.93. The molecule has 0 aliphatic heterocycles. The number of methoxy groups -OCH3 is 1. The Bertz CT molecular complexity index is 431. The monoisotopic (exact) mass is 239 g/mol. The van der Waals surface area contributed by atoms with E-state index in [9.17, 15) is 14.9 Å². The molecule has 0 aliphatic carbocycles. The lowest BCUT2D eigenvalue weighted by Gasteiger charge is -1.97. The van der Waals surface area contributed by atoms with Gasteiger partial charge >= 0.3 is 5.97 Å². The van der Waals surface area contributed by atoms with Crippen LogP contribution < -0.4 is 0 Å². The fourth-order valence-electron chi connectivity index (χ4n) is 0.939. The number of benzene rings is 1. The Morgan fingerprint density at radius 1 is 1.50 bits per heavy atom. The number of ether oxygens (including phenoxy) is 1. The third-order valence-electron chi connectivity index (χ3n) is 1.66. The molecule has 0 unspecified atom stereocenters. The molecule has 1 aromatic carbocycles. The molecule has 0 aromatic heterocycles. The number of hydrogen-bond acceptors (Lipinski definition) is 5. The molecule has 0 bridgehead atoms. The van der Waals surface area contributed by atoms with Crippen LogP contribution in [-0.4, -0.2) is 18.0 Å². The predicted molar refractivity (Wildman–Crippen MR) is 60.1 cm³/mol. The van der Waals surface area contributed by atoms with Gasteiger partial charge in [-0.15, -0.1) is 0 Å². The van der Waals surface area contributed by atoms with Crippen LogP contribution in [0.5, 0.6) is 0 Å². The molecule has 0 saturated heterocycles. The highest BCUT2D eigenvalue weighted by Crippen LogP contribution is 2.29. The standard InChI is InChI=1S/C10H9NO4S/c1-15-10(12)6-7-16-9-5-3-2-4-8(9)11(13)14/h2-7H,1H3/b7-6+. The first kappa shape index (κ1) is 12.3. The number of hydrogen-bond donors (Lipinski definition) is 0. The molecule has 5 nitrogen and oxygen atoms in total. The van der Waals surface area contributed by atoms with Gasteiger partial charge in [0, 0.05) is 12.1 Å². The van der Waals surface area contributed by atoms with E-state index in [-0.39, 0.29) is 5.69 Å². The molecular formula is C10H9NO4S. The van der Waals surface area contributed by atoms with Crippen molar-refractivity contribution in [3.05, 3.63) is 45.9 Å². The first-order chi connectivity index (χ1) is 7.65. The maximum absolute atomic E-state index is 10.8. The molecule has 6 heteroatoms. The molecule has 0 amide bonds. The van der Waals surface area contributed by atoms with E-state index in [2.05, 4.69) is 4.74 Å². The number of nitro benzene ring substituents is 1. The van der Waals surface area contributed by atoms with Crippen LogP contribution in [0.15, 0.2) is 40.6 Å². The maximum atomic E-state index is 10.8. The van der Waals surface area contributed by atoms with Crippen LogP contribution in [0.1, 0.15) is 0 Å². The van der Waals surface area contributed by atoms with Crippen molar-refractivity contribution in [3.63, 3.8) is 0 Å². The van der Waals surface area contributed by atoms with Gasteiger partial charge in [-0.3, -0.25) is 10.1 Å². The van der Waals surface area contributed by atoms with Crippen molar-refractivity contribution in [3.8, 4) is 0 Å². The summed E-state index contributed by atoms with van der Waals surface area (Å²) in [4.78, 5) is 21.4. The highest BCUT2D eigenvalue weighted by Gasteiger charge is 2.11. The van der Waals surface area contributed by atoms with E-state index < -0.39 is 10.9 Å². The summed E-state index contributed by atoms with van der Waals surface area (Å²) in [5.74, 6) is -0.494. The lowest BCUT2D eigenvalue weighted by atomic mass is 10.3. The van der Waals surface area contributed by atoms with Gasteiger partial charge in [0.15, 0.2) is 0 Å². The molecular weight excluding hydrogens is 230 g/mol. The summed E-state index contributed by atoms with van der Waals surface area (Å²) in [5, 5.41) is 12.1. The van der Waals surface area contributed by atoms with Crippen molar-refractivity contribution in [1.82, 2.24) is 0 Å². The van der Waals surface area contributed by atoms with Crippen LogP contribution in [-0.2, 0) is 9.53 Å². The van der Waals surface area contributed by atoms with Gasteiger partial charge in [-0.05, 0) is 11.5 Å². The van der Waals surface area contributed by atoms with Crippen molar-refractivity contribution in [2.75, 3.05) is 7.11 Å². The fourth-order valence-corrected chi connectivity index (χ4v) is 1.68. The van der Waals surface area contributed by atoms with Crippen LogP contribution in [0.4, 0.5) is 5.69 Å². The van der Waals surface area contributed by atoms with Gasteiger partial charge in [0.2, 0.25) is 0 Å². The summed E-state index contributed by atoms with van der Waals surface area (Å²) in [6, 6.07) is 6.31. The number of thioether (sulfide) groups is 1. The minimum absolute atomic E-state index is 0.0158. The van der Waals surface area contributed by atoms with E-state index in [0.29, 0.717) is 4.90 Å². The van der Waals surface area contributed by atoms with Crippen molar-refractivity contribution >= 4 is 23.4 Å². The molecule has 0 heterocycles. The summed E-state index contributed by atoms with van der Waals surface area (Å²) >= 11 is 1.10. The first-order valence-corrected chi connectivity index (χ1v) is 5.17. The lowest BCUT2D eigenvalue weighted by molar-refractivity contribution is -0.387. The Balaban J connectivity index is 2.77. The number of carbonyl (C=O) groups excluding carboxylic acids is 1. The van der Waals surface area contributed by atoms with Gasteiger partial charge in [-0.1, -0.05) is 23.9 Å². The normalized spacial score (nSPS) is 10.3. The third-order valence-corrected chi connectivity index (χ3v) is 2.53. The zero-order chi connectivity index (χ0) is 12.0. The minimum Gasteiger partial charge on any atom is -0.466 e. The molecule has 0 saturated carbocycles. The SMILES string of the molecule is COC(=O)/C=C/Sc1ccccc1[N+](=O)[O-]. The zero-order valence-corrected chi connectivity index (χ0v) is 9.27. The molecule has 1 rings (SSSR count). The first-order valence-electron chi connectivity index (χ1n) is 4.29. The number of nitrogens with zero attached hydrogens (tertiary/aromatic N) is 1. The van der Waals surface area contributed by atoms with Crippen LogP contribution >= 0.6 is 11.8 Å². The molecule has 1 aromatic rings. The van der Waals surface area contributed by atoms with Crippen molar-refractivity contribution < 1.29 is 14.5 Å². The number of carbonyl (C=O) groups is 1. The fraction of sp³-hybridized carbons (Fsp3) is 0.100. The average molecular weight is 239 g/mol. The maximum Gasteiger partial charge on any atom is 0.330 e. The van der Waals surface area contributed by atoms with Crippen molar-refractivity contribution in [1.29, 1.82) is 0 Å². The molecule has 0 fully saturated rings. The van der Waals surface area contributed by atoms with Gasteiger partial charge in [-0.25, -0.2) is 4.79 Å². The molecule has 84 valence electrons. The van der Waals surface area contributed by atoms with Crippen LogP contribution in [0.25, 0.3) is 0 Å².